The molecule has 0 amide bonds. The average Bonchev–Trinajstić information content (AvgIpc) is 3.03. The molecule has 2 N–H and O–H groups in total. The first-order valence-electron chi connectivity index (χ1n) is 5.98. The van der Waals surface area contributed by atoms with E-state index in [0.29, 0.717) is 0 Å². The minimum Gasteiger partial charge on any atom is -0.351 e. The number of H-pyrrole nitrogens is 1. The van der Waals surface area contributed by atoms with Crippen molar-refractivity contribution in [3.63, 3.8) is 0 Å². The molecule has 17 heavy (non-hydrogen) atoms. The summed E-state index contributed by atoms with van der Waals surface area (Å²) in [6.45, 7) is 2.50. The minimum atomic E-state index is 1.25. The Balaban J connectivity index is 0.000000128. The molecule has 1 aliphatic heterocycles. The minimum absolute atomic E-state index is 1.25. The molecule has 3 heterocycles. The maximum Gasteiger partial charge on any atom is 0.0919 e. The topological polar surface area (TPSA) is 53.6 Å². The van der Waals surface area contributed by atoms with Crippen LogP contribution >= 0.6 is 0 Å². The molecule has 4 heteroatoms. The summed E-state index contributed by atoms with van der Waals surface area (Å²) in [5, 5.41) is 3.28. The van der Waals surface area contributed by atoms with Crippen LogP contribution in [-0.4, -0.2) is 28.0 Å². The molecule has 0 radical (unpaired) electrons. The van der Waals surface area contributed by atoms with Crippen LogP contribution in [0.3, 0.4) is 0 Å². The van der Waals surface area contributed by atoms with Gasteiger partial charge in [-0.25, -0.2) is 4.98 Å². The molecular weight excluding hydrogens is 212 g/mol. The lowest BCUT2D eigenvalue weighted by atomic mass is 10.2. The van der Waals surface area contributed by atoms with Crippen molar-refractivity contribution in [2.24, 2.45) is 0 Å². The highest BCUT2D eigenvalue weighted by molar-refractivity contribution is 4.88. The van der Waals surface area contributed by atoms with E-state index in [4.69, 9.17) is 0 Å². The van der Waals surface area contributed by atoms with Crippen LogP contribution in [0.15, 0.2) is 49.3 Å². The maximum absolute atomic E-state index is 3.78. The number of nitrogens with zero attached hydrogens (tertiary/aromatic N) is 2. The molecule has 1 saturated heterocycles. The van der Waals surface area contributed by atoms with Crippen molar-refractivity contribution in [3.8, 4) is 0 Å². The molecule has 0 aliphatic carbocycles. The second-order valence-corrected chi connectivity index (χ2v) is 3.60. The Morgan fingerprint density at radius 2 is 1.53 bits per heavy atom. The van der Waals surface area contributed by atoms with Crippen molar-refractivity contribution in [2.45, 2.75) is 19.3 Å². The number of piperidine rings is 1. The van der Waals surface area contributed by atoms with Gasteiger partial charge in [0.25, 0.3) is 0 Å². The number of aromatic nitrogens is 3. The number of rotatable bonds is 0. The molecule has 0 aromatic carbocycles. The lowest BCUT2D eigenvalue weighted by Gasteiger charge is -2.08. The number of hydrogen-bond acceptors (Lipinski definition) is 3. The molecule has 1 fully saturated rings. The summed E-state index contributed by atoms with van der Waals surface area (Å²) in [6.07, 6.45) is 12.8. The summed E-state index contributed by atoms with van der Waals surface area (Å²) >= 11 is 0. The summed E-state index contributed by atoms with van der Waals surface area (Å²) in [5.74, 6) is 0. The highest BCUT2D eigenvalue weighted by Crippen LogP contribution is 1.96. The molecule has 0 atom stereocenters. The van der Waals surface area contributed by atoms with Gasteiger partial charge in [-0.05, 0) is 38.1 Å². The second kappa shape index (κ2) is 10.8. The smallest absolute Gasteiger partial charge is 0.0919 e. The SMILES string of the molecule is C1CCNCC1.c1c[nH]cn1.c1ccncc1. The van der Waals surface area contributed by atoms with Crippen LogP contribution in [-0.2, 0) is 0 Å². The maximum atomic E-state index is 3.78. The monoisotopic (exact) mass is 232 g/mol. The Labute approximate surface area is 103 Å². The van der Waals surface area contributed by atoms with Crippen molar-refractivity contribution < 1.29 is 0 Å². The fourth-order valence-corrected chi connectivity index (χ4v) is 1.33. The molecule has 92 valence electrons. The summed E-state index contributed by atoms with van der Waals surface area (Å²) in [5.41, 5.74) is 0. The predicted molar refractivity (Wildman–Crippen MR) is 69.5 cm³/mol. The molecule has 4 nitrogen and oxygen atoms in total. The highest BCUT2D eigenvalue weighted by Gasteiger charge is 1.93. The molecule has 3 rings (SSSR count). The Bertz CT molecular complexity index is 261. The van der Waals surface area contributed by atoms with Crippen molar-refractivity contribution >= 4 is 0 Å². The van der Waals surface area contributed by atoms with E-state index in [-0.39, 0.29) is 0 Å². The Hall–Kier alpha value is -1.68. The van der Waals surface area contributed by atoms with Crippen LogP contribution < -0.4 is 5.32 Å². The van der Waals surface area contributed by atoms with E-state index in [1.165, 1.54) is 32.4 Å². The van der Waals surface area contributed by atoms with Gasteiger partial charge in [0, 0.05) is 24.8 Å². The summed E-state index contributed by atoms with van der Waals surface area (Å²) in [6, 6.07) is 5.72. The quantitative estimate of drug-likeness (QED) is 0.732. The molecule has 0 spiro atoms. The first-order chi connectivity index (χ1) is 8.50. The molecule has 0 unspecified atom stereocenters. The first-order valence-corrected chi connectivity index (χ1v) is 5.98. The van der Waals surface area contributed by atoms with Gasteiger partial charge >= 0.3 is 0 Å². The third-order valence-electron chi connectivity index (χ3n) is 2.18. The van der Waals surface area contributed by atoms with E-state index >= 15 is 0 Å². The lowest BCUT2D eigenvalue weighted by Crippen LogP contribution is -2.21. The molecular formula is C13H20N4. The van der Waals surface area contributed by atoms with E-state index in [0.717, 1.165) is 0 Å². The zero-order valence-electron chi connectivity index (χ0n) is 10.0. The highest BCUT2D eigenvalue weighted by atomic mass is 14.9. The van der Waals surface area contributed by atoms with Crippen molar-refractivity contribution in [2.75, 3.05) is 13.1 Å². The van der Waals surface area contributed by atoms with Crippen molar-refractivity contribution in [1.82, 2.24) is 20.3 Å². The third kappa shape index (κ3) is 9.26. The van der Waals surface area contributed by atoms with Crippen LogP contribution in [0.1, 0.15) is 19.3 Å². The van der Waals surface area contributed by atoms with Gasteiger partial charge in [-0.3, -0.25) is 4.98 Å². The molecule has 2 aromatic rings. The number of nitrogens with one attached hydrogen (secondary N) is 2. The van der Waals surface area contributed by atoms with Gasteiger partial charge < -0.3 is 10.3 Å². The zero-order valence-corrected chi connectivity index (χ0v) is 10.0. The molecule has 0 bridgehead atoms. The number of aromatic amines is 1. The molecule has 1 aliphatic rings. The second-order valence-electron chi connectivity index (χ2n) is 3.60. The summed E-state index contributed by atoms with van der Waals surface area (Å²) in [7, 11) is 0. The van der Waals surface area contributed by atoms with Crippen LogP contribution in [0.4, 0.5) is 0 Å². The van der Waals surface area contributed by atoms with Gasteiger partial charge in [0.15, 0.2) is 0 Å². The summed E-state index contributed by atoms with van der Waals surface area (Å²) < 4.78 is 0. The van der Waals surface area contributed by atoms with Gasteiger partial charge in [-0.2, -0.15) is 0 Å². The van der Waals surface area contributed by atoms with E-state index < -0.39 is 0 Å². The van der Waals surface area contributed by atoms with Gasteiger partial charge in [0.2, 0.25) is 0 Å². The standard InChI is InChI=1S/C5H11N.C5H5N.C3H4N2/c2*1-2-4-6-5-3-1;1-2-5-3-4-1/h6H,1-5H2;1-5H;1-3H,(H,4,5). The van der Waals surface area contributed by atoms with E-state index in [1.54, 1.807) is 31.1 Å². The van der Waals surface area contributed by atoms with Crippen LogP contribution in [0, 0.1) is 0 Å². The number of pyridine rings is 1. The van der Waals surface area contributed by atoms with E-state index in [9.17, 15) is 0 Å². The fourth-order valence-electron chi connectivity index (χ4n) is 1.33. The summed E-state index contributed by atoms with van der Waals surface area (Å²) in [4.78, 5) is 10.2. The van der Waals surface area contributed by atoms with Gasteiger partial charge in [0.05, 0.1) is 6.33 Å². The average molecular weight is 232 g/mol. The fraction of sp³-hybridized carbons (Fsp3) is 0.385. The van der Waals surface area contributed by atoms with E-state index in [2.05, 4.69) is 20.3 Å². The zero-order chi connectivity index (χ0) is 12.0. The first kappa shape index (κ1) is 13.4. The van der Waals surface area contributed by atoms with Crippen molar-refractivity contribution in [3.05, 3.63) is 49.3 Å². The molecule has 2 aromatic heterocycles. The molecule has 0 saturated carbocycles. The normalized spacial score (nSPS) is 13.6. The van der Waals surface area contributed by atoms with E-state index in [1.807, 2.05) is 18.2 Å². The van der Waals surface area contributed by atoms with Gasteiger partial charge in [-0.15, -0.1) is 0 Å². The van der Waals surface area contributed by atoms with Crippen molar-refractivity contribution in [1.29, 1.82) is 0 Å². The third-order valence-corrected chi connectivity index (χ3v) is 2.18. The van der Waals surface area contributed by atoms with Gasteiger partial charge in [-0.1, -0.05) is 12.5 Å². The van der Waals surface area contributed by atoms with Gasteiger partial charge in [0.1, 0.15) is 0 Å². The Morgan fingerprint density at radius 1 is 0.765 bits per heavy atom. The number of imidazole rings is 1. The number of hydrogen-bond donors (Lipinski definition) is 2. The Morgan fingerprint density at radius 3 is 1.71 bits per heavy atom. The predicted octanol–water partition coefficient (Wildman–Crippen LogP) is 2.25. The van der Waals surface area contributed by atoms with Crippen LogP contribution in [0.25, 0.3) is 0 Å². The van der Waals surface area contributed by atoms with Crippen LogP contribution in [0.5, 0.6) is 0 Å². The lowest BCUT2D eigenvalue weighted by molar-refractivity contribution is 0.520. The largest absolute Gasteiger partial charge is 0.351 e. The van der Waals surface area contributed by atoms with Crippen LogP contribution in [0.2, 0.25) is 0 Å². The Kier molecular flexibility index (Phi) is 8.52.